The predicted molar refractivity (Wildman–Crippen MR) is 169 cm³/mol. The molecule has 7 heteroatoms. The first-order valence-corrected chi connectivity index (χ1v) is 15.4. The fourth-order valence-corrected chi connectivity index (χ4v) is 8.36. The second-order valence-corrected chi connectivity index (χ2v) is 15.2. The Kier molecular flexibility index (Phi) is 7.32. The molecule has 5 rings (SSSR count). The molecule has 0 aliphatic heterocycles. The Labute approximate surface area is 259 Å². The van der Waals surface area contributed by atoms with E-state index in [1.54, 1.807) is 26.8 Å². The van der Waals surface area contributed by atoms with Gasteiger partial charge < -0.3 is 20.4 Å². The molecule has 0 bridgehead atoms. The van der Waals surface area contributed by atoms with Crippen LogP contribution in [0.5, 0.6) is 5.75 Å². The van der Waals surface area contributed by atoms with Gasteiger partial charge in [0.15, 0.2) is 17.2 Å². The van der Waals surface area contributed by atoms with E-state index in [2.05, 4.69) is 32.9 Å². The highest BCUT2D eigenvalue weighted by Gasteiger charge is 2.72. The van der Waals surface area contributed by atoms with E-state index in [1.807, 2.05) is 19.1 Å². The Morgan fingerprint density at radius 3 is 2.16 bits per heavy atom. The molecule has 0 amide bonds. The number of ketones is 3. The van der Waals surface area contributed by atoms with Gasteiger partial charge in [0.1, 0.15) is 22.8 Å². The van der Waals surface area contributed by atoms with Gasteiger partial charge in [-0.15, -0.1) is 0 Å². The van der Waals surface area contributed by atoms with Crippen LogP contribution in [0.3, 0.4) is 0 Å². The first kappa shape index (κ1) is 31.7. The topological polar surface area (TPSA) is 132 Å². The lowest BCUT2D eigenvalue weighted by atomic mass is 9.43. The van der Waals surface area contributed by atoms with E-state index in [1.165, 1.54) is 11.6 Å². The second kappa shape index (κ2) is 10.2. The first-order chi connectivity index (χ1) is 20.3. The van der Waals surface area contributed by atoms with Crippen LogP contribution in [0.1, 0.15) is 84.9 Å². The Bertz CT molecular complexity index is 1650. The number of carbonyl (C=O) groups is 3. The molecule has 1 saturated carbocycles. The van der Waals surface area contributed by atoms with Crippen LogP contribution >= 0.6 is 0 Å². The fourth-order valence-electron chi connectivity index (χ4n) is 8.36. The van der Waals surface area contributed by atoms with Gasteiger partial charge in [-0.25, -0.2) is 0 Å². The highest BCUT2D eigenvalue weighted by Crippen LogP contribution is 2.65. The van der Waals surface area contributed by atoms with Gasteiger partial charge in [-0.1, -0.05) is 78.8 Å². The molecule has 234 valence electrons. The van der Waals surface area contributed by atoms with Crippen LogP contribution in [0.2, 0.25) is 0 Å². The Morgan fingerprint density at radius 1 is 1.00 bits per heavy atom. The summed E-state index contributed by atoms with van der Waals surface area (Å²) < 4.78 is 0. The van der Waals surface area contributed by atoms with Crippen molar-refractivity contribution in [3.05, 3.63) is 70.0 Å². The van der Waals surface area contributed by atoms with Crippen molar-refractivity contribution in [1.29, 1.82) is 0 Å². The van der Waals surface area contributed by atoms with Crippen LogP contribution in [-0.2, 0) is 27.2 Å². The third kappa shape index (κ3) is 4.46. The summed E-state index contributed by atoms with van der Waals surface area (Å²) in [6.07, 6.45) is 2.27. The Balaban J connectivity index is 1.70. The number of allylic oxidation sites excluding steroid dienone is 1. The number of phenols is 1. The summed E-state index contributed by atoms with van der Waals surface area (Å²) in [4.78, 5) is 40.7. The maximum Gasteiger partial charge on any atom is 0.203 e. The Hall–Kier alpha value is -3.71. The van der Waals surface area contributed by atoms with Crippen molar-refractivity contribution in [1.82, 2.24) is 0 Å². The van der Waals surface area contributed by atoms with Crippen LogP contribution in [0.4, 0.5) is 0 Å². The quantitative estimate of drug-likeness (QED) is 0.276. The van der Waals surface area contributed by atoms with E-state index >= 15 is 0 Å². The van der Waals surface area contributed by atoms with Gasteiger partial charge in [0.25, 0.3) is 0 Å². The minimum atomic E-state index is -2.62. The molecule has 3 aliphatic rings. The number of fused-ring (bicyclic) bond motifs is 3. The van der Waals surface area contributed by atoms with Gasteiger partial charge in [-0.05, 0) is 72.3 Å². The SMILES string of the molecule is CC(=O)C1=C(O)[C@]2(O)C(=O)C3=C(O)c4c(O)ccc(-c5ccc(CCC(C)(C)C)cc5)c4C[C@]3(C)C[C@]2(C)C(C(C)C)C1=O. The molecule has 7 nitrogen and oxygen atoms in total. The zero-order valence-corrected chi connectivity index (χ0v) is 27.0. The summed E-state index contributed by atoms with van der Waals surface area (Å²) in [6, 6.07) is 11.5. The summed E-state index contributed by atoms with van der Waals surface area (Å²) >= 11 is 0. The molecule has 0 heterocycles. The van der Waals surface area contributed by atoms with Gasteiger partial charge in [0, 0.05) is 22.3 Å². The number of benzene rings is 2. The molecular formula is C37H44O7. The molecule has 1 unspecified atom stereocenters. The lowest BCUT2D eigenvalue weighted by molar-refractivity contribution is -0.178. The molecule has 0 radical (unpaired) electrons. The van der Waals surface area contributed by atoms with E-state index in [4.69, 9.17) is 0 Å². The maximum atomic E-state index is 14.5. The zero-order valence-electron chi connectivity index (χ0n) is 27.0. The molecule has 2 aromatic carbocycles. The number of hydrogen-bond acceptors (Lipinski definition) is 7. The molecule has 0 aromatic heterocycles. The molecule has 3 aliphatic carbocycles. The van der Waals surface area contributed by atoms with Crippen molar-refractivity contribution in [2.45, 2.75) is 86.7 Å². The Morgan fingerprint density at radius 2 is 1.61 bits per heavy atom. The van der Waals surface area contributed by atoms with Crippen LogP contribution in [0, 0.1) is 28.1 Å². The van der Waals surface area contributed by atoms with Gasteiger partial charge >= 0.3 is 0 Å². The van der Waals surface area contributed by atoms with E-state index in [-0.39, 0.29) is 41.1 Å². The average Bonchev–Trinajstić information content (AvgIpc) is 2.89. The fraction of sp³-hybridized carbons (Fsp3) is 0.486. The third-order valence-electron chi connectivity index (χ3n) is 10.3. The molecular weight excluding hydrogens is 556 g/mol. The summed E-state index contributed by atoms with van der Waals surface area (Å²) in [5.41, 5.74) is -1.99. The maximum absolute atomic E-state index is 14.5. The number of aliphatic hydroxyl groups excluding tert-OH is 2. The van der Waals surface area contributed by atoms with E-state index < -0.39 is 56.8 Å². The monoisotopic (exact) mass is 600 g/mol. The zero-order chi connectivity index (χ0) is 32.7. The van der Waals surface area contributed by atoms with Gasteiger partial charge in [0.05, 0.1) is 5.56 Å². The van der Waals surface area contributed by atoms with Crippen LogP contribution in [-0.4, -0.2) is 43.4 Å². The predicted octanol–water partition coefficient (Wildman–Crippen LogP) is 6.84. The van der Waals surface area contributed by atoms with Crippen molar-refractivity contribution >= 4 is 23.1 Å². The number of Topliss-reactive ketones (excluding diaryl/α,β-unsaturated/α-hetero) is 3. The molecule has 0 saturated heterocycles. The molecule has 4 atom stereocenters. The molecule has 2 aromatic rings. The minimum Gasteiger partial charge on any atom is -0.508 e. The number of rotatable bonds is 5. The normalized spacial score (nSPS) is 28.6. The molecule has 44 heavy (non-hydrogen) atoms. The summed E-state index contributed by atoms with van der Waals surface area (Å²) in [5, 5.41) is 46.3. The van der Waals surface area contributed by atoms with Crippen molar-refractivity contribution < 1.29 is 34.8 Å². The summed E-state index contributed by atoms with van der Waals surface area (Å²) in [7, 11) is 0. The standard InChI is InChI=1S/C37H44O7/c1-19(2)28-30(40)26(20(3)38)32(42)37(44)33(43)29-31(41)27-24(17-35(29,7)18-36(28,37)8)23(13-14-25(27)39)22-11-9-21(10-12-22)15-16-34(4,5)6/h9-14,19,28,39,41-42,44H,15-18H2,1-8H3/t28?,35-,36-,37+/m1/s1. The lowest BCUT2D eigenvalue weighted by Gasteiger charge is -2.59. The number of aryl methyl sites for hydroxylation is 1. The molecule has 4 N–H and O–H groups in total. The second-order valence-electron chi connectivity index (χ2n) is 15.2. The van der Waals surface area contributed by atoms with Crippen LogP contribution in [0.15, 0.2) is 53.3 Å². The minimum absolute atomic E-state index is 0.0613. The van der Waals surface area contributed by atoms with E-state index in [0.717, 1.165) is 30.9 Å². The largest absolute Gasteiger partial charge is 0.508 e. The number of carbonyl (C=O) groups excluding carboxylic acids is 3. The van der Waals surface area contributed by atoms with Gasteiger partial charge in [0.2, 0.25) is 5.78 Å². The van der Waals surface area contributed by atoms with Crippen LogP contribution < -0.4 is 0 Å². The summed E-state index contributed by atoms with van der Waals surface area (Å²) in [6.45, 7) is 14.8. The number of hydrogen-bond donors (Lipinski definition) is 4. The highest BCUT2D eigenvalue weighted by atomic mass is 16.3. The van der Waals surface area contributed by atoms with Gasteiger partial charge in [-0.3, -0.25) is 14.4 Å². The smallest absolute Gasteiger partial charge is 0.203 e. The molecule has 0 spiro atoms. The van der Waals surface area contributed by atoms with E-state index in [9.17, 15) is 34.8 Å². The van der Waals surface area contributed by atoms with E-state index in [0.29, 0.717) is 5.56 Å². The van der Waals surface area contributed by atoms with Crippen molar-refractivity contribution in [2.24, 2.45) is 28.1 Å². The average molecular weight is 601 g/mol. The van der Waals surface area contributed by atoms with Crippen molar-refractivity contribution in [3.8, 4) is 16.9 Å². The van der Waals surface area contributed by atoms with Crippen LogP contribution in [0.25, 0.3) is 16.9 Å². The van der Waals surface area contributed by atoms with Gasteiger partial charge in [-0.2, -0.15) is 0 Å². The lowest BCUT2D eigenvalue weighted by Crippen LogP contribution is -2.69. The number of aromatic hydroxyl groups is 1. The van der Waals surface area contributed by atoms with Crippen molar-refractivity contribution in [2.75, 3.05) is 0 Å². The molecule has 1 fully saturated rings. The first-order valence-electron chi connectivity index (χ1n) is 15.4. The van der Waals surface area contributed by atoms with Crippen molar-refractivity contribution in [3.63, 3.8) is 0 Å². The summed E-state index contributed by atoms with van der Waals surface area (Å²) in [5.74, 6) is -5.25. The third-order valence-corrected chi connectivity index (χ3v) is 10.3. The number of aliphatic hydroxyl groups is 3. The number of phenolic OH excluding ortho intramolecular Hbond substituents is 1. The highest BCUT2D eigenvalue weighted by molar-refractivity contribution is 6.24.